The summed E-state index contributed by atoms with van der Waals surface area (Å²) in [4.78, 5) is 17.8. The minimum absolute atomic E-state index is 0.0486. The molecule has 2 aliphatic rings. The minimum atomic E-state index is -0.136. The maximum atomic E-state index is 12.6. The zero-order valence-electron chi connectivity index (χ0n) is 16.7. The van der Waals surface area contributed by atoms with Gasteiger partial charge >= 0.3 is 0 Å². The summed E-state index contributed by atoms with van der Waals surface area (Å²) in [6.07, 6.45) is 2.49. The highest BCUT2D eigenvalue weighted by Gasteiger charge is 2.26. The molecular weight excluding hydrogens is 374 g/mol. The Hall–Kier alpha value is -1.77. The van der Waals surface area contributed by atoms with Gasteiger partial charge in [-0.05, 0) is 38.8 Å². The number of nitrogens with one attached hydrogen (secondary N) is 1. The lowest BCUT2D eigenvalue weighted by Gasteiger charge is -2.23. The number of carbonyl (C=O) groups excluding carboxylic acids is 1. The smallest absolute Gasteiger partial charge is 0.223 e. The van der Waals surface area contributed by atoms with Crippen molar-refractivity contribution in [2.45, 2.75) is 52.2 Å². The number of hydrogen-bond donors (Lipinski definition) is 1. The van der Waals surface area contributed by atoms with E-state index < -0.39 is 0 Å². The normalized spacial score (nSPS) is 19.8. The maximum Gasteiger partial charge on any atom is 0.223 e. The molecule has 0 aliphatic carbocycles. The van der Waals surface area contributed by atoms with Gasteiger partial charge in [-0.25, -0.2) is 0 Å². The van der Waals surface area contributed by atoms with E-state index in [9.17, 15) is 4.79 Å². The van der Waals surface area contributed by atoms with Crippen molar-refractivity contribution in [3.05, 3.63) is 33.5 Å². The van der Waals surface area contributed by atoms with Crippen LogP contribution in [0.25, 0.3) is 0 Å². The summed E-state index contributed by atoms with van der Waals surface area (Å²) < 4.78 is 7.56. The Morgan fingerprint density at radius 1 is 1.29 bits per heavy atom. The Labute approximate surface area is 170 Å². The molecule has 2 aromatic heterocycles. The largest absolute Gasteiger partial charge is 0.381 e. The molecule has 1 unspecified atom stereocenters. The van der Waals surface area contributed by atoms with E-state index in [0.717, 1.165) is 57.1 Å². The molecule has 1 saturated heterocycles. The predicted molar refractivity (Wildman–Crippen MR) is 108 cm³/mol. The van der Waals surface area contributed by atoms with Gasteiger partial charge in [0.25, 0.3) is 0 Å². The molecule has 7 nitrogen and oxygen atoms in total. The van der Waals surface area contributed by atoms with Gasteiger partial charge in [0.05, 0.1) is 6.04 Å². The quantitative estimate of drug-likeness (QED) is 0.829. The van der Waals surface area contributed by atoms with Crippen LogP contribution in [0.2, 0.25) is 0 Å². The van der Waals surface area contributed by atoms with Crippen LogP contribution in [-0.4, -0.2) is 51.9 Å². The fourth-order valence-corrected chi connectivity index (χ4v) is 4.95. The molecule has 0 aromatic carbocycles. The van der Waals surface area contributed by atoms with Crippen LogP contribution in [0.15, 0.2) is 12.1 Å². The number of hydrogen-bond acceptors (Lipinski definition) is 6. The minimum Gasteiger partial charge on any atom is -0.381 e. The van der Waals surface area contributed by atoms with Crippen LogP contribution in [0.3, 0.4) is 0 Å². The van der Waals surface area contributed by atoms with E-state index in [2.05, 4.69) is 44.0 Å². The molecule has 1 N–H and O–H groups in total. The van der Waals surface area contributed by atoms with Gasteiger partial charge in [-0.2, -0.15) is 0 Å². The number of amides is 1. The lowest BCUT2D eigenvalue weighted by Crippen LogP contribution is -2.36. The number of rotatable bonds is 5. The average molecular weight is 404 g/mol. The van der Waals surface area contributed by atoms with Crippen LogP contribution in [0.1, 0.15) is 47.2 Å². The lowest BCUT2D eigenvalue weighted by atomic mass is 9.99. The van der Waals surface area contributed by atoms with Crippen LogP contribution >= 0.6 is 11.3 Å². The van der Waals surface area contributed by atoms with Gasteiger partial charge < -0.3 is 14.6 Å². The highest BCUT2D eigenvalue weighted by molar-refractivity contribution is 7.11. The van der Waals surface area contributed by atoms with Crippen LogP contribution in [-0.2, 0) is 29.0 Å². The first-order valence-electron chi connectivity index (χ1n) is 10.2. The summed E-state index contributed by atoms with van der Waals surface area (Å²) in [5.74, 6) is 2.04. The van der Waals surface area contributed by atoms with E-state index in [1.807, 2.05) is 18.3 Å². The molecule has 0 saturated carbocycles. The Morgan fingerprint density at radius 2 is 2.11 bits per heavy atom. The van der Waals surface area contributed by atoms with Crippen LogP contribution in [0.4, 0.5) is 0 Å². The van der Waals surface area contributed by atoms with Crippen molar-refractivity contribution in [2.24, 2.45) is 5.92 Å². The molecule has 2 aliphatic heterocycles. The molecular formula is C20H29N5O2S. The van der Waals surface area contributed by atoms with Gasteiger partial charge in [0.2, 0.25) is 5.91 Å². The number of carbonyl (C=O) groups is 1. The molecule has 0 bridgehead atoms. The van der Waals surface area contributed by atoms with E-state index >= 15 is 0 Å². The molecule has 4 heterocycles. The van der Waals surface area contributed by atoms with Gasteiger partial charge in [-0.3, -0.25) is 9.69 Å². The molecule has 0 spiro atoms. The number of thiophene rings is 1. The lowest BCUT2D eigenvalue weighted by molar-refractivity contribution is -0.128. The van der Waals surface area contributed by atoms with Crippen LogP contribution in [0.5, 0.6) is 0 Å². The standard InChI is InChI=1S/C20H29N5O2S/c1-14-3-4-17(28-14)13-24-8-5-18-22-23-19(25(18)10-9-24)15(2)21-20(26)16-6-11-27-12-7-16/h3-4,15-16H,5-13H2,1-2H3,(H,21,26). The second-order valence-corrected chi connectivity index (χ2v) is 9.15. The topological polar surface area (TPSA) is 72.3 Å². The van der Waals surface area contributed by atoms with E-state index in [0.29, 0.717) is 13.2 Å². The Kier molecular flexibility index (Phi) is 6.08. The monoisotopic (exact) mass is 403 g/mol. The zero-order chi connectivity index (χ0) is 19.5. The molecule has 0 radical (unpaired) electrons. The summed E-state index contributed by atoms with van der Waals surface area (Å²) in [5.41, 5.74) is 0. The molecule has 1 fully saturated rings. The van der Waals surface area contributed by atoms with Crippen molar-refractivity contribution in [3.63, 3.8) is 0 Å². The molecule has 152 valence electrons. The predicted octanol–water partition coefficient (Wildman–Crippen LogP) is 2.31. The maximum absolute atomic E-state index is 12.6. The number of aryl methyl sites for hydroxylation is 1. The van der Waals surface area contributed by atoms with Gasteiger partial charge in [-0.1, -0.05) is 0 Å². The number of nitrogens with zero attached hydrogens (tertiary/aromatic N) is 4. The van der Waals surface area contributed by atoms with Crippen molar-refractivity contribution in [1.82, 2.24) is 25.0 Å². The van der Waals surface area contributed by atoms with Crippen molar-refractivity contribution < 1.29 is 9.53 Å². The molecule has 28 heavy (non-hydrogen) atoms. The molecule has 4 rings (SSSR count). The van der Waals surface area contributed by atoms with Crippen molar-refractivity contribution >= 4 is 17.2 Å². The number of aromatic nitrogens is 3. The van der Waals surface area contributed by atoms with E-state index in [1.165, 1.54) is 9.75 Å². The highest BCUT2D eigenvalue weighted by Crippen LogP contribution is 2.21. The molecule has 1 atom stereocenters. The van der Waals surface area contributed by atoms with E-state index in [-0.39, 0.29) is 17.9 Å². The Morgan fingerprint density at radius 3 is 2.86 bits per heavy atom. The van der Waals surface area contributed by atoms with Gasteiger partial charge in [0.15, 0.2) is 5.82 Å². The van der Waals surface area contributed by atoms with Crippen LogP contribution in [0, 0.1) is 12.8 Å². The summed E-state index contributed by atoms with van der Waals surface area (Å²) in [6, 6.07) is 4.28. The third-order valence-corrected chi connectivity index (χ3v) is 6.65. The fourth-order valence-electron chi connectivity index (χ4n) is 4.01. The van der Waals surface area contributed by atoms with Gasteiger partial charge in [0, 0.05) is 61.5 Å². The summed E-state index contributed by atoms with van der Waals surface area (Å²) in [7, 11) is 0. The van der Waals surface area contributed by atoms with Crippen molar-refractivity contribution in [1.29, 1.82) is 0 Å². The van der Waals surface area contributed by atoms with Crippen LogP contribution < -0.4 is 5.32 Å². The molecule has 8 heteroatoms. The summed E-state index contributed by atoms with van der Waals surface area (Å²) in [6.45, 7) is 9.31. The number of fused-ring (bicyclic) bond motifs is 1. The first-order chi connectivity index (χ1) is 13.6. The Bertz CT molecular complexity index is 811. The molecule has 2 aromatic rings. The number of ether oxygens (including phenoxy) is 1. The van der Waals surface area contributed by atoms with Gasteiger partial charge in [0.1, 0.15) is 5.82 Å². The third-order valence-electron chi connectivity index (χ3n) is 5.66. The summed E-state index contributed by atoms with van der Waals surface area (Å²) in [5, 5.41) is 12.0. The van der Waals surface area contributed by atoms with Gasteiger partial charge in [-0.15, -0.1) is 21.5 Å². The van der Waals surface area contributed by atoms with E-state index in [4.69, 9.17) is 4.74 Å². The first kappa shape index (κ1) is 19.5. The van der Waals surface area contributed by atoms with Crippen molar-refractivity contribution in [2.75, 3.05) is 26.3 Å². The summed E-state index contributed by atoms with van der Waals surface area (Å²) >= 11 is 1.87. The van der Waals surface area contributed by atoms with Crippen molar-refractivity contribution in [3.8, 4) is 0 Å². The third kappa shape index (κ3) is 4.45. The highest BCUT2D eigenvalue weighted by atomic mass is 32.1. The second kappa shape index (κ2) is 8.71. The average Bonchev–Trinajstić information content (AvgIpc) is 3.24. The first-order valence-corrected chi connectivity index (χ1v) is 11.0. The Balaban J connectivity index is 1.38. The molecule has 1 amide bonds. The SMILES string of the molecule is Cc1ccc(CN2CCc3nnc(C(C)NC(=O)C4CCOCC4)n3CC2)s1. The fraction of sp³-hybridized carbons (Fsp3) is 0.650. The van der Waals surface area contributed by atoms with E-state index in [1.54, 1.807) is 0 Å². The zero-order valence-corrected chi connectivity index (χ0v) is 17.5. The second-order valence-electron chi connectivity index (χ2n) is 7.78.